The number of rotatable bonds is 5. The fraction of sp³-hybridized carbons (Fsp3) is 0.235. The number of hydrogen-bond acceptors (Lipinski definition) is 2. The Balaban J connectivity index is 1.78. The van der Waals surface area contributed by atoms with Crippen molar-refractivity contribution in [1.29, 1.82) is 0 Å². The molecule has 0 aliphatic carbocycles. The highest BCUT2D eigenvalue weighted by Gasteiger charge is 2.29. The van der Waals surface area contributed by atoms with Crippen LogP contribution in [0.4, 0.5) is 18.0 Å². The first-order chi connectivity index (χ1) is 11.4. The fourth-order valence-electron chi connectivity index (χ4n) is 1.98. The van der Waals surface area contributed by atoms with Gasteiger partial charge in [-0.15, -0.1) is 0 Å². The molecule has 0 aromatic heterocycles. The number of benzene rings is 2. The molecule has 128 valence electrons. The second-order valence-corrected chi connectivity index (χ2v) is 5.08. The van der Waals surface area contributed by atoms with E-state index < -0.39 is 17.8 Å². The molecule has 0 aliphatic rings. The van der Waals surface area contributed by atoms with Crippen molar-refractivity contribution in [3.8, 4) is 5.75 Å². The Labute approximate surface area is 137 Å². The fourth-order valence-corrected chi connectivity index (χ4v) is 1.98. The molecule has 0 atom stereocenters. The molecule has 0 saturated heterocycles. The smallest absolute Gasteiger partial charge is 0.416 e. The van der Waals surface area contributed by atoms with Crippen LogP contribution in [-0.2, 0) is 19.3 Å². The van der Waals surface area contributed by atoms with Gasteiger partial charge in [0.1, 0.15) is 5.75 Å². The Hall–Kier alpha value is -2.70. The second kappa shape index (κ2) is 7.72. The van der Waals surface area contributed by atoms with Crippen LogP contribution >= 0.6 is 0 Å². The molecular formula is C17H17F3N2O2. The third-order valence-corrected chi connectivity index (χ3v) is 3.35. The Kier molecular flexibility index (Phi) is 5.68. The normalized spacial score (nSPS) is 11.0. The minimum atomic E-state index is -4.36. The van der Waals surface area contributed by atoms with Crippen LogP contribution in [0.25, 0.3) is 0 Å². The lowest BCUT2D eigenvalue weighted by molar-refractivity contribution is -0.137. The van der Waals surface area contributed by atoms with E-state index in [1.165, 1.54) is 12.1 Å². The van der Waals surface area contributed by atoms with Gasteiger partial charge in [0.05, 0.1) is 12.7 Å². The maximum Gasteiger partial charge on any atom is 0.416 e. The number of alkyl halides is 3. The lowest BCUT2D eigenvalue weighted by Gasteiger charge is -2.10. The molecule has 0 heterocycles. The molecule has 2 N–H and O–H groups in total. The molecule has 0 fully saturated rings. The Morgan fingerprint density at radius 3 is 1.79 bits per heavy atom. The van der Waals surface area contributed by atoms with Gasteiger partial charge in [-0.2, -0.15) is 13.2 Å². The van der Waals surface area contributed by atoms with Crippen molar-refractivity contribution in [2.45, 2.75) is 19.3 Å². The molecule has 7 heteroatoms. The SMILES string of the molecule is COc1ccc(CNC(=O)NCc2ccc(C(F)(F)F)cc2)cc1. The monoisotopic (exact) mass is 338 g/mol. The molecule has 4 nitrogen and oxygen atoms in total. The van der Waals surface area contributed by atoms with Gasteiger partial charge in [-0.3, -0.25) is 0 Å². The summed E-state index contributed by atoms with van der Waals surface area (Å²) in [7, 11) is 1.57. The van der Waals surface area contributed by atoms with E-state index in [1.807, 2.05) is 12.1 Å². The first-order valence-corrected chi connectivity index (χ1v) is 7.19. The van der Waals surface area contributed by atoms with Crippen LogP contribution in [0.2, 0.25) is 0 Å². The molecule has 2 rings (SSSR count). The van der Waals surface area contributed by atoms with Crippen molar-refractivity contribution in [2.75, 3.05) is 7.11 Å². The number of hydrogen-bond donors (Lipinski definition) is 2. The van der Waals surface area contributed by atoms with Crippen LogP contribution < -0.4 is 15.4 Å². The summed E-state index contributed by atoms with van der Waals surface area (Å²) in [5, 5.41) is 5.27. The van der Waals surface area contributed by atoms with Crippen LogP contribution in [0.1, 0.15) is 16.7 Å². The van der Waals surface area contributed by atoms with E-state index >= 15 is 0 Å². The summed E-state index contributed by atoms with van der Waals surface area (Å²) in [6.45, 7) is 0.482. The van der Waals surface area contributed by atoms with Gasteiger partial charge in [0.2, 0.25) is 0 Å². The number of methoxy groups -OCH3 is 1. The van der Waals surface area contributed by atoms with Crippen molar-refractivity contribution in [2.24, 2.45) is 0 Å². The topological polar surface area (TPSA) is 50.4 Å². The standard InChI is InChI=1S/C17H17F3N2O2/c1-24-15-8-4-13(5-9-15)11-22-16(23)21-10-12-2-6-14(7-3-12)17(18,19)20/h2-9H,10-11H2,1H3,(H2,21,22,23). The third kappa shape index (κ3) is 5.19. The molecule has 24 heavy (non-hydrogen) atoms. The van der Waals surface area contributed by atoms with Gasteiger partial charge in [-0.05, 0) is 35.4 Å². The van der Waals surface area contributed by atoms with Gasteiger partial charge in [-0.25, -0.2) is 4.79 Å². The summed E-state index contributed by atoms with van der Waals surface area (Å²) in [4.78, 5) is 11.7. The summed E-state index contributed by atoms with van der Waals surface area (Å²) in [6, 6.07) is 11.5. The van der Waals surface area contributed by atoms with Crippen molar-refractivity contribution >= 4 is 6.03 Å². The first kappa shape index (κ1) is 17.7. The van der Waals surface area contributed by atoms with Crippen LogP contribution in [0.5, 0.6) is 5.75 Å². The van der Waals surface area contributed by atoms with Crippen molar-refractivity contribution in [3.63, 3.8) is 0 Å². The van der Waals surface area contributed by atoms with E-state index in [0.29, 0.717) is 12.1 Å². The minimum Gasteiger partial charge on any atom is -0.497 e. The number of carbonyl (C=O) groups is 1. The van der Waals surface area contributed by atoms with Gasteiger partial charge < -0.3 is 15.4 Å². The van der Waals surface area contributed by atoms with Crippen molar-refractivity contribution < 1.29 is 22.7 Å². The number of nitrogens with one attached hydrogen (secondary N) is 2. The lowest BCUT2D eigenvalue weighted by atomic mass is 10.1. The molecule has 0 bridgehead atoms. The van der Waals surface area contributed by atoms with Gasteiger partial charge in [0, 0.05) is 13.1 Å². The van der Waals surface area contributed by atoms with Crippen LogP contribution in [0, 0.1) is 0 Å². The summed E-state index contributed by atoms with van der Waals surface area (Å²) in [6.07, 6.45) is -4.36. The van der Waals surface area contributed by atoms with E-state index in [-0.39, 0.29) is 6.54 Å². The van der Waals surface area contributed by atoms with Crippen LogP contribution in [-0.4, -0.2) is 13.1 Å². The molecule has 0 aliphatic heterocycles. The van der Waals surface area contributed by atoms with E-state index in [1.54, 1.807) is 19.2 Å². The maximum atomic E-state index is 12.5. The molecule has 2 amide bonds. The molecular weight excluding hydrogens is 321 g/mol. The number of carbonyl (C=O) groups excluding carboxylic acids is 1. The van der Waals surface area contributed by atoms with E-state index in [0.717, 1.165) is 23.4 Å². The molecule has 2 aromatic carbocycles. The number of urea groups is 1. The Bertz CT molecular complexity index is 668. The van der Waals surface area contributed by atoms with Gasteiger partial charge >= 0.3 is 12.2 Å². The predicted octanol–water partition coefficient (Wildman–Crippen LogP) is 3.71. The molecule has 0 radical (unpaired) electrons. The third-order valence-electron chi connectivity index (χ3n) is 3.35. The number of amides is 2. The summed E-state index contributed by atoms with van der Waals surface area (Å²) < 4.78 is 42.4. The van der Waals surface area contributed by atoms with Gasteiger partial charge in [0.25, 0.3) is 0 Å². The minimum absolute atomic E-state index is 0.145. The van der Waals surface area contributed by atoms with Crippen LogP contribution in [0.15, 0.2) is 48.5 Å². The maximum absolute atomic E-state index is 12.5. The first-order valence-electron chi connectivity index (χ1n) is 7.19. The molecule has 0 unspecified atom stereocenters. The van der Waals surface area contributed by atoms with Crippen LogP contribution in [0.3, 0.4) is 0 Å². The molecule has 0 saturated carbocycles. The highest BCUT2D eigenvalue weighted by molar-refractivity contribution is 5.73. The zero-order chi connectivity index (χ0) is 17.6. The molecule has 2 aromatic rings. The predicted molar refractivity (Wildman–Crippen MR) is 83.5 cm³/mol. The van der Waals surface area contributed by atoms with E-state index in [4.69, 9.17) is 4.74 Å². The number of halogens is 3. The largest absolute Gasteiger partial charge is 0.497 e. The van der Waals surface area contributed by atoms with E-state index in [9.17, 15) is 18.0 Å². The zero-order valence-corrected chi connectivity index (χ0v) is 13.0. The lowest BCUT2D eigenvalue weighted by Crippen LogP contribution is -2.34. The van der Waals surface area contributed by atoms with Gasteiger partial charge in [0.15, 0.2) is 0 Å². The quantitative estimate of drug-likeness (QED) is 0.873. The average molecular weight is 338 g/mol. The zero-order valence-electron chi connectivity index (χ0n) is 13.0. The second-order valence-electron chi connectivity index (χ2n) is 5.08. The highest BCUT2D eigenvalue weighted by Crippen LogP contribution is 2.29. The van der Waals surface area contributed by atoms with Gasteiger partial charge in [-0.1, -0.05) is 24.3 Å². The Morgan fingerprint density at radius 2 is 1.38 bits per heavy atom. The Morgan fingerprint density at radius 1 is 0.917 bits per heavy atom. The van der Waals surface area contributed by atoms with E-state index in [2.05, 4.69) is 10.6 Å². The van der Waals surface area contributed by atoms with Crippen molar-refractivity contribution in [1.82, 2.24) is 10.6 Å². The highest BCUT2D eigenvalue weighted by atomic mass is 19.4. The number of ether oxygens (including phenoxy) is 1. The summed E-state index contributed by atoms with van der Waals surface area (Å²) in [5.74, 6) is 0.727. The average Bonchev–Trinajstić information content (AvgIpc) is 2.58. The summed E-state index contributed by atoms with van der Waals surface area (Å²) >= 11 is 0. The van der Waals surface area contributed by atoms with Crippen molar-refractivity contribution in [3.05, 3.63) is 65.2 Å². The summed E-state index contributed by atoms with van der Waals surface area (Å²) in [5.41, 5.74) is 0.776. The molecule has 0 spiro atoms.